The molecule has 0 radical (unpaired) electrons. The van der Waals surface area contributed by atoms with Crippen molar-refractivity contribution in [1.82, 2.24) is 20.2 Å². The second-order valence-corrected chi connectivity index (χ2v) is 6.95. The number of fused-ring (bicyclic) bond motifs is 1. The Bertz CT molecular complexity index is 917. The number of likely N-dealkylation sites (tertiary alicyclic amines) is 1. The van der Waals surface area contributed by atoms with Crippen molar-refractivity contribution < 1.29 is 4.79 Å². The average Bonchev–Trinajstić information content (AvgIpc) is 3.30. The van der Waals surface area contributed by atoms with Gasteiger partial charge in [-0.3, -0.25) is 14.7 Å². The minimum atomic E-state index is -0.0284. The van der Waals surface area contributed by atoms with Gasteiger partial charge >= 0.3 is 0 Å². The van der Waals surface area contributed by atoms with Crippen LogP contribution in [0, 0.1) is 0 Å². The molecule has 2 N–H and O–H groups in total. The number of benzene rings is 1. The molecule has 5 heteroatoms. The Morgan fingerprint density at radius 1 is 1.27 bits per heavy atom. The first-order valence-corrected chi connectivity index (χ1v) is 9.20. The van der Waals surface area contributed by atoms with Crippen LogP contribution in [-0.4, -0.2) is 27.3 Å². The molecule has 2 aromatic heterocycles. The van der Waals surface area contributed by atoms with Crippen molar-refractivity contribution in [1.29, 1.82) is 0 Å². The Morgan fingerprint density at radius 3 is 3.04 bits per heavy atom. The highest BCUT2D eigenvalue weighted by molar-refractivity contribution is 5.82. The van der Waals surface area contributed by atoms with E-state index in [0.717, 1.165) is 30.9 Å². The van der Waals surface area contributed by atoms with Crippen molar-refractivity contribution >= 4 is 16.8 Å². The maximum Gasteiger partial charge on any atom is 0.217 e. The lowest BCUT2D eigenvalue weighted by atomic mass is 10.1. The number of aromatic nitrogens is 2. The molecule has 1 aromatic carbocycles. The summed E-state index contributed by atoms with van der Waals surface area (Å²) < 4.78 is 0. The summed E-state index contributed by atoms with van der Waals surface area (Å²) in [7, 11) is 0. The van der Waals surface area contributed by atoms with Gasteiger partial charge in [-0.15, -0.1) is 0 Å². The third-order valence-electron chi connectivity index (χ3n) is 5.11. The summed E-state index contributed by atoms with van der Waals surface area (Å²) in [5.41, 5.74) is 4.56. The summed E-state index contributed by atoms with van der Waals surface area (Å²) in [6.45, 7) is 4.03. The van der Waals surface area contributed by atoms with Gasteiger partial charge in [0.25, 0.3) is 0 Å². The fraction of sp³-hybridized carbons (Fsp3) is 0.333. The number of nitrogens with zero attached hydrogens (tertiary/aromatic N) is 2. The van der Waals surface area contributed by atoms with Crippen molar-refractivity contribution in [3.8, 4) is 0 Å². The van der Waals surface area contributed by atoms with E-state index in [2.05, 4.69) is 45.5 Å². The number of hydrogen-bond acceptors (Lipinski definition) is 3. The molecule has 134 valence electrons. The van der Waals surface area contributed by atoms with E-state index in [4.69, 9.17) is 4.98 Å². The fourth-order valence-electron chi connectivity index (χ4n) is 3.85. The molecule has 0 spiro atoms. The molecule has 5 nitrogen and oxygen atoms in total. The van der Waals surface area contributed by atoms with Gasteiger partial charge in [0.2, 0.25) is 5.91 Å². The summed E-state index contributed by atoms with van der Waals surface area (Å²) >= 11 is 0. The molecular formula is C21H24N4O. The number of nitrogens with one attached hydrogen (secondary N) is 2. The highest BCUT2D eigenvalue weighted by Gasteiger charge is 2.27. The monoisotopic (exact) mass is 348 g/mol. The number of aromatic amines is 1. The van der Waals surface area contributed by atoms with E-state index in [1.54, 1.807) is 0 Å². The molecule has 26 heavy (non-hydrogen) atoms. The van der Waals surface area contributed by atoms with Crippen LogP contribution in [0.4, 0.5) is 0 Å². The SMILES string of the molecule is CC(=O)NCc1cccc(C2CCCN2Cc2cccc3[nH]ccc23)n1. The molecule has 1 unspecified atom stereocenters. The minimum Gasteiger partial charge on any atom is -0.361 e. The number of amides is 1. The molecule has 1 fully saturated rings. The largest absolute Gasteiger partial charge is 0.361 e. The Balaban J connectivity index is 1.54. The zero-order valence-electron chi connectivity index (χ0n) is 15.0. The molecule has 1 amide bonds. The average molecular weight is 348 g/mol. The summed E-state index contributed by atoms with van der Waals surface area (Å²) in [4.78, 5) is 21.8. The van der Waals surface area contributed by atoms with Gasteiger partial charge in [-0.2, -0.15) is 0 Å². The highest BCUT2D eigenvalue weighted by atomic mass is 16.1. The van der Waals surface area contributed by atoms with E-state index in [9.17, 15) is 4.79 Å². The smallest absolute Gasteiger partial charge is 0.217 e. The van der Waals surface area contributed by atoms with E-state index in [1.165, 1.54) is 29.8 Å². The lowest BCUT2D eigenvalue weighted by Gasteiger charge is -2.25. The van der Waals surface area contributed by atoms with Gasteiger partial charge in [0.15, 0.2) is 0 Å². The molecule has 0 saturated carbocycles. The Morgan fingerprint density at radius 2 is 2.15 bits per heavy atom. The molecule has 0 aliphatic carbocycles. The van der Waals surface area contributed by atoms with Crippen LogP contribution in [0.2, 0.25) is 0 Å². The Kier molecular flexibility index (Phi) is 4.71. The van der Waals surface area contributed by atoms with Gasteiger partial charge in [-0.25, -0.2) is 0 Å². The van der Waals surface area contributed by atoms with Gasteiger partial charge in [-0.05, 0) is 49.2 Å². The van der Waals surface area contributed by atoms with Crippen molar-refractivity contribution in [3.63, 3.8) is 0 Å². The number of pyridine rings is 1. The predicted octanol–water partition coefficient (Wildman–Crippen LogP) is 3.54. The van der Waals surface area contributed by atoms with Gasteiger partial charge in [-0.1, -0.05) is 18.2 Å². The van der Waals surface area contributed by atoms with Gasteiger partial charge in [0, 0.05) is 30.6 Å². The van der Waals surface area contributed by atoms with E-state index >= 15 is 0 Å². The predicted molar refractivity (Wildman–Crippen MR) is 102 cm³/mol. The summed E-state index contributed by atoms with van der Waals surface area (Å²) in [6.07, 6.45) is 4.31. The number of rotatable bonds is 5. The molecule has 3 aromatic rings. The molecule has 1 saturated heterocycles. The zero-order chi connectivity index (χ0) is 17.9. The minimum absolute atomic E-state index is 0.0284. The van der Waals surface area contributed by atoms with Crippen LogP contribution < -0.4 is 5.32 Å². The zero-order valence-corrected chi connectivity index (χ0v) is 15.0. The van der Waals surface area contributed by atoms with Crippen molar-refractivity contribution in [3.05, 3.63) is 65.6 Å². The lowest BCUT2D eigenvalue weighted by molar-refractivity contribution is -0.119. The van der Waals surface area contributed by atoms with Gasteiger partial charge in [0.05, 0.1) is 24.0 Å². The third kappa shape index (κ3) is 3.48. The maximum atomic E-state index is 11.1. The Hall–Kier alpha value is -2.66. The first kappa shape index (κ1) is 16.8. The van der Waals surface area contributed by atoms with Crippen LogP contribution in [0.25, 0.3) is 10.9 Å². The third-order valence-corrected chi connectivity index (χ3v) is 5.11. The topological polar surface area (TPSA) is 61.0 Å². The molecule has 4 rings (SSSR count). The standard InChI is InChI=1S/C21H24N4O/c1-15(26)23-13-17-6-3-8-20(24-17)21-9-4-12-25(21)14-16-5-2-7-19-18(16)10-11-22-19/h2-3,5-8,10-11,21-22H,4,9,12-14H2,1H3,(H,23,26). The maximum absolute atomic E-state index is 11.1. The number of H-pyrrole nitrogens is 1. The van der Waals surface area contributed by atoms with Crippen LogP contribution in [-0.2, 0) is 17.9 Å². The van der Waals surface area contributed by atoms with Crippen molar-refractivity contribution in [2.24, 2.45) is 0 Å². The summed E-state index contributed by atoms with van der Waals surface area (Å²) in [5, 5.41) is 4.13. The van der Waals surface area contributed by atoms with Crippen LogP contribution >= 0.6 is 0 Å². The normalized spacial score (nSPS) is 17.7. The number of carbonyl (C=O) groups excluding carboxylic acids is 1. The lowest BCUT2D eigenvalue weighted by Crippen LogP contribution is -2.24. The van der Waals surface area contributed by atoms with E-state index < -0.39 is 0 Å². The van der Waals surface area contributed by atoms with Crippen LogP contribution in [0.1, 0.15) is 42.8 Å². The molecular weight excluding hydrogens is 324 g/mol. The van der Waals surface area contributed by atoms with Crippen molar-refractivity contribution in [2.75, 3.05) is 6.54 Å². The second-order valence-electron chi connectivity index (χ2n) is 6.95. The molecule has 1 aliphatic heterocycles. The molecule has 1 aliphatic rings. The van der Waals surface area contributed by atoms with Crippen LogP contribution in [0.3, 0.4) is 0 Å². The quantitative estimate of drug-likeness (QED) is 0.741. The summed E-state index contributed by atoms with van der Waals surface area (Å²) in [6, 6.07) is 15.1. The molecule has 3 heterocycles. The van der Waals surface area contributed by atoms with Crippen molar-refractivity contribution in [2.45, 2.75) is 38.9 Å². The van der Waals surface area contributed by atoms with E-state index in [-0.39, 0.29) is 5.91 Å². The highest BCUT2D eigenvalue weighted by Crippen LogP contribution is 2.33. The number of hydrogen-bond donors (Lipinski definition) is 2. The first-order valence-electron chi connectivity index (χ1n) is 9.20. The van der Waals surface area contributed by atoms with Crippen LogP contribution in [0.15, 0.2) is 48.7 Å². The molecule has 0 bridgehead atoms. The molecule has 1 atom stereocenters. The summed E-state index contributed by atoms with van der Waals surface area (Å²) in [5.74, 6) is -0.0284. The van der Waals surface area contributed by atoms with Gasteiger partial charge in [0.1, 0.15) is 0 Å². The second kappa shape index (κ2) is 7.30. The van der Waals surface area contributed by atoms with E-state index in [1.807, 2.05) is 18.3 Å². The van der Waals surface area contributed by atoms with E-state index in [0.29, 0.717) is 12.6 Å². The first-order chi connectivity index (χ1) is 12.7. The fourth-order valence-corrected chi connectivity index (χ4v) is 3.85. The number of carbonyl (C=O) groups is 1. The van der Waals surface area contributed by atoms with Crippen LogP contribution in [0.5, 0.6) is 0 Å². The Labute approximate surface area is 153 Å². The van der Waals surface area contributed by atoms with Gasteiger partial charge < -0.3 is 10.3 Å².